The van der Waals surface area contributed by atoms with Crippen LogP contribution in [0.25, 0.3) is 6.08 Å². The standard InChI is InChI=1S/C18H22OSi/c1-20(2,3)19-18(14-16-10-6-4-7-11-16)15-17-12-8-5-9-13-17/h4-14H,15H2,1-3H3/b18-14-. The maximum atomic E-state index is 6.25. The third kappa shape index (κ3) is 5.06. The van der Waals surface area contributed by atoms with Crippen LogP contribution in [0.5, 0.6) is 0 Å². The minimum atomic E-state index is -1.60. The van der Waals surface area contributed by atoms with E-state index < -0.39 is 8.32 Å². The van der Waals surface area contributed by atoms with E-state index in [0.717, 1.165) is 12.2 Å². The van der Waals surface area contributed by atoms with Gasteiger partial charge in [0.25, 0.3) is 0 Å². The summed E-state index contributed by atoms with van der Waals surface area (Å²) in [6.07, 6.45) is 3.01. The van der Waals surface area contributed by atoms with Gasteiger partial charge in [0.05, 0.1) is 5.76 Å². The van der Waals surface area contributed by atoms with E-state index >= 15 is 0 Å². The monoisotopic (exact) mass is 282 g/mol. The molecule has 2 heteroatoms. The number of rotatable bonds is 5. The van der Waals surface area contributed by atoms with Crippen molar-refractivity contribution < 1.29 is 4.43 Å². The molecule has 0 bridgehead atoms. The molecular formula is C18H22OSi. The molecule has 104 valence electrons. The minimum absolute atomic E-state index is 0.847. The van der Waals surface area contributed by atoms with Crippen molar-refractivity contribution in [2.75, 3.05) is 0 Å². The highest BCUT2D eigenvalue weighted by molar-refractivity contribution is 6.70. The molecule has 2 aromatic carbocycles. The topological polar surface area (TPSA) is 9.23 Å². The molecule has 0 unspecified atom stereocenters. The fraction of sp³-hybridized carbons (Fsp3) is 0.222. The van der Waals surface area contributed by atoms with Crippen LogP contribution >= 0.6 is 0 Å². The Kier molecular flexibility index (Phi) is 4.80. The average Bonchev–Trinajstić information content (AvgIpc) is 2.39. The first-order chi connectivity index (χ1) is 9.53. The van der Waals surface area contributed by atoms with E-state index in [4.69, 9.17) is 4.43 Å². The highest BCUT2D eigenvalue weighted by Gasteiger charge is 2.17. The smallest absolute Gasteiger partial charge is 0.241 e. The van der Waals surface area contributed by atoms with Crippen molar-refractivity contribution in [2.24, 2.45) is 0 Å². The summed E-state index contributed by atoms with van der Waals surface area (Å²) in [7, 11) is -1.60. The van der Waals surface area contributed by atoms with Crippen molar-refractivity contribution in [1.29, 1.82) is 0 Å². The van der Waals surface area contributed by atoms with Gasteiger partial charge in [-0.2, -0.15) is 0 Å². The van der Waals surface area contributed by atoms with Gasteiger partial charge in [0.1, 0.15) is 0 Å². The third-order valence-electron chi connectivity index (χ3n) is 2.79. The van der Waals surface area contributed by atoms with Crippen LogP contribution in [0.2, 0.25) is 19.6 Å². The molecule has 0 aliphatic heterocycles. The van der Waals surface area contributed by atoms with Crippen LogP contribution in [-0.4, -0.2) is 8.32 Å². The molecule has 0 heterocycles. The Morgan fingerprint density at radius 3 is 2.00 bits per heavy atom. The van der Waals surface area contributed by atoms with Gasteiger partial charge in [0, 0.05) is 6.42 Å². The largest absolute Gasteiger partial charge is 0.547 e. The Morgan fingerprint density at radius 2 is 1.45 bits per heavy atom. The predicted octanol–water partition coefficient (Wildman–Crippen LogP) is 5.12. The molecule has 0 aromatic heterocycles. The van der Waals surface area contributed by atoms with E-state index in [2.05, 4.69) is 74.2 Å². The van der Waals surface area contributed by atoms with Crippen molar-refractivity contribution >= 4 is 14.4 Å². The van der Waals surface area contributed by atoms with Crippen molar-refractivity contribution in [2.45, 2.75) is 26.1 Å². The van der Waals surface area contributed by atoms with Crippen molar-refractivity contribution in [3.8, 4) is 0 Å². The molecule has 0 saturated carbocycles. The van der Waals surface area contributed by atoms with Crippen molar-refractivity contribution in [3.63, 3.8) is 0 Å². The molecule has 0 aliphatic carbocycles. The lowest BCUT2D eigenvalue weighted by Gasteiger charge is -2.22. The first-order valence-electron chi connectivity index (χ1n) is 7.01. The molecule has 0 fully saturated rings. The Labute approximate surface area is 123 Å². The lowest BCUT2D eigenvalue weighted by molar-refractivity contribution is 0.415. The summed E-state index contributed by atoms with van der Waals surface area (Å²) in [4.78, 5) is 0. The Hall–Kier alpha value is -1.80. The predicted molar refractivity (Wildman–Crippen MR) is 89.0 cm³/mol. The van der Waals surface area contributed by atoms with Crippen molar-refractivity contribution in [1.82, 2.24) is 0 Å². The van der Waals surface area contributed by atoms with Gasteiger partial charge in [-0.1, -0.05) is 60.7 Å². The maximum Gasteiger partial charge on any atom is 0.241 e. The van der Waals surface area contributed by atoms with Gasteiger partial charge < -0.3 is 4.43 Å². The molecule has 0 spiro atoms. The molecule has 0 N–H and O–H groups in total. The fourth-order valence-corrected chi connectivity index (χ4v) is 2.96. The molecule has 0 atom stereocenters. The van der Waals surface area contributed by atoms with E-state index in [1.165, 1.54) is 11.1 Å². The van der Waals surface area contributed by atoms with Crippen LogP contribution < -0.4 is 0 Å². The molecule has 0 saturated heterocycles. The summed E-state index contributed by atoms with van der Waals surface area (Å²) in [6.45, 7) is 6.66. The van der Waals surface area contributed by atoms with Crippen LogP contribution in [0.1, 0.15) is 11.1 Å². The first-order valence-corrected chi connectivity index (χ1v) is 10.4. The van der Waals surface area contributed by atoms with Gasteiger partial charge in [-0.3, -0.25) is 0 Å². The Balaban J connectivity index is 2.23. The van der Waals surface area contributed by atoms with Crippen molar-refractivity contribution in [3.05, 3.63) is 77.5 Å². The quantitative estimate of drug-likeness (QED) is 0.546. The molecular weight excluding hydrogens is 260 g/mol. The average molecular weight is 282 g/mol. The SMILES string of the molecule is C[Si](C)(C)O/C(=C\c1ccccc1)Cc1ccccc1. The molecule has 2 aromatic rings. The van der Waals surface area contributed by atoms with Crippen LogP contribution in [0.15, 0.2) is 66.4 Å². The van der Waals surface area contributed by atoms with Crippen LogP contribution in [0.3, 0.4) is 0 Å². The fourth-order valence-electron chi connectivity index (χ4n) is 2.04. The third-order valence-corrected chi connectivity index (χ3v) is 3.66. The van der Waals surface area contributed by atoms with Gasteiger partial charge in [-0.05, 0) is 36.8 Å². The number of allylic oxidation sites excluding steroid dienone is 1. The van der Waals surface area contributed by atoms with Gasteiger partial charge in [0.2, 0.25) is 8.32 Å². The second-order valence-corrected chi connectivity index (χ2v) is 10.3. The lowest BCUT2D eigenvalue weighted by Crippen LogP contribution is -2.25. The molecule has 2 rings (SSSR count). The number of hydrogen-bond acceptors (Lipinski definition) is 1. The summed E-state index contributed by atoms with van der Waals surface area (Å²) >= 11 is 0. The van der Waals surface area contributed by atoms with Gasteiger partial charge in [-0.15, -0.1) is 0 Å². The normalized spacial score (nSPS) is 12.2. The summed E-state index contributed by atoms with van der Waals surface area (Å²) in [5, 5.41) is 0. The molecule has 1 nitrogen and oxygen atoms in total. The highest BCUT2D eigenvalue weighted by atomic mass is 28.4. The van der Waals surface area contributed by atoms with E-state index in [9.17, 15) is 0 Å². The van der Waals surface area contributed by atoms with E-state index in [0.29, 0.717) is 0 Å². The van der Waals surface area contributed by atoms with E-state index in [1.807, 2.05) is 12.1 Å². The minimum Gasteiger partial charge on any atom is -0.547 e. The zero-order chi connectivity index (χ0) is 14.4. The number of hydrogen-bond donors (Lipinski definition) is 0. The van der Waals surface area contributed by atoms with Gasteiger partial charge in [0.15, 0.2) is 0 Å². The second-order valence-electron chi connectivity index (χ2n) is 5.90. The molecule has 0 amide bonds. The summed E-state index contributed by atoms with van der Waals surface area (Å²) < 4.78 is 6.25. The van der Waals surface area contributed by atoms with Gasteiger partial charge in [-0.25, -0.2) is 0 Å². The van der Waals surface area contributed by atoms with Crippen LogP contribution in [-0.2, 0) is 10.8 Å². The zero-order valence-corrected chi connectivity index (χ0v) is 13.5. The Bertz CT molecular complexity index is 553. The highest BCUT2D eigenvalue weighted by Crippen LogP contribution is 2.18. The lowest BCUT2D eigenvalue weighted by atomic mass is 10.1. The summed E-state index contributed by atoms with van der Waals surface area (Å²) in [6, 6.07) is 20.8. The molecule has 20 heavy (non-hydrogen) atoms. The van der Waals surface area contributed by atoms with E-state index in [-0.39, 0.29) is 0 Å². The summed E-state index contributed by atoms with van der Waals surface area (Å²) in [5.41, 5.74) is 2.48. The van der Waals surface area contributed by atoms with Crippen LogP contribution in [0, 0.1) is 0 Å². The van der Waals surface area contributed by atoms with Gasteiger partial charge >= 0.3 is 0 Å². The summed E-state index contributed by atoms with van der Waals surface area (Å²) in [5.74, 6) is 1.06. The zero-order valence-electron chi connectivity index (χ0n) is 12.5. The second kappa shape index (κ2) is 6.57. The first kappa shape index (κ1) is 14.6. The maximum absolute atomic E-state index is 6.25. The number of benzene rings is 2. The van der Waals surface area contributed by atoms with Crippen LogP contribution in [0.4, 0.5) is 0 Å². The molecule has 0 radical (unpaired) electrons. The molecule has 0 aliphatic rings. The van der Waals surface area contributed by atoms with E-state index in [1.54, 1.807) is 0 Å². The Morgan fingerprint density at radius 1 is 0.900 bits per heavy atom.